The van der Waals surface area contributed by atoms with Crippen molar-refractivity contribution >= 4 is 27.7 Å². The zero-order valence-electron chi connectivity index (χ0n) is 19.8. The van der Waals surface area contributed by atoms with Gasteiger partial charge in [-0.05, 0) is 85.0 Å². The van der Waals surface area contributed by atoms with Gasteiger partial charge in [-0.2, -0.15) is 5.26 Å². The highest BCUT2D eigenvalue weighted by atomic mass is 16.1. The number of aromatic nitrogens is 2. The molecule has 0 radical (unpaired) electrons. The molecule has 0 saturated carbocycles. The first kappa shape index (κ1) is 22.4. The van der Waals surface area contributed by atoms with E-state index in [1.165, 1.54) is 0 Å². The third-order valence-electron chi connectivity index (χ3n) is 6.60. The molecule has 1 atom stereocenters. The quantitative estimate of drug-likeness (QED) is 0.333. The van der Waals surface area contributed by atoms with E-state index in [9.17, 15) is 4.79 Å². The summed E-state index contributed by atoms with van der Waals surface area (Å²) >= 11 is 0. The van der Waals surface area contributed by atoms with Crippen LogP contribution in [-0.2, 0) is 11.2 Å². The molecule has 5 rings (SSSR count). The van der Waals surface area contributed by atoms with Crippen LogP contribution in [0.4, 0.5) is 0 Å². The van der Waals surface area contributed by atoms with E-state index in [0.717, 1.165) is 44.1 Å². The molecule has 2 aromatic heterocycles. The standard InChI is InChI=1S/C30H26N4O/c1-19(2)34-18-27(26(30(32)35)14-20-5-7-21(17-31)8-6-20)25-16-23(10-12-29(25)34)22-9-11-28-24(15-22)4-3-13-33-28/h3-13,15-16,18-19,26H,14H2,1-2H3,(H2,32,35). The SMILES string of the molecule is CC(C)n1cc(C(Cc2ccc(C#N)cc2)C(N)=O)c2cc(-c3ccc4ncccc4c3)ccc21. The third kappa shape index (κ3) is 4.27. The van der Waals surface area contributed by atoms with Crippen molar-refractivity contribution in [3.05, 3.63) is 102 Å². The van der Waals surface area contributed by atoms with Crippen molar-refractivity contribution in [3.8, 4) is 17.2 Å². The van der Waals surface area contributed by atoms with Crippen LogP contribution in [-0.4, -0.2) is 15.5 Å². The number of carbonyl (C=O) groups excluding carboxylic acids is 1. The molecule has 0 aliphatic heterocycles. The molecule has 0 aliphatic rings. The van der Waals surface area contributed by atoms with Crippen LogP contribution in [0.5, 0.6) is 0 Å². The second kappa shape index (κ2) is 9.08. The molecule has 5 heteroatoms. The maximum Gasteiger partial charge on any atom is 0.225 e. The topological polar surface area (TPSA) is 84.7 Å². The van der Waals surface area contributed by atoms with E-state index in [2.05, 4.69) is 72.1 Å². The first-order valence-electron chi connectivity index (χ1n) is 11.7. The Balaban J connectivity index is 1.63. The van der Waals surface area contributed by atoms with Gasteiger partial charge < -0.3 is 10.3 Å². The minimum absolute atomic E-state index is 0.229. The van der Waals surface area contributed by atoms with Gasteiger partial charge in [0.05, 0.1) is 23.1 Å². The number of carbonyl (C=O) groups is 1. The molecule has 0 bridgehead atoms. The number of primary amides is 1. The number of nitrogens with zero attached hydrogens (tertiary/aromatic N) is 3. The van der Waals surface area contributed by atoms with Gasteiger partial charge in [0.1, 0.15) is 0 Å². The molecule has 2 heterocycles. The Morgan fingerprint density at radius 3 is 2.49 bits per heavy atom. The minimum Gasteiger partial charge on any atom is -0.369 e. The molecule has 1 amide bonds. The Bertz CT molecular complexity index is 1590. The van der Waals surface area contributed by atoms with Gasteiger partial charge in [-0.15, -0.1) is 0 Å². The van der Waals surface area contributed by atoms with Crippen molar-refractivity contribution < 1.29 is 4.79 Å². The number of hydrogen-bond donors (Lipinski definition) is 1. The van der Waals surface area contributed by atoms with Gasteiger partial charge in [0.15, 0.2) is 0 Å². The smallest absolute Gasteiger partial charge is 0.225 e. The molecule has 0 spiro atoms. The zero-order chi connectivity index (χ0) is 24.5. The van der Waals surface area contributed by atoms with E-state index in [0.29, 0.717) is 12.0 Å². The molecule has 0 fully saturated rings. The van der Waals surface area contributed by atoms with E-state index in [4.69, 9.17) is 11.0 Å². The van der Waals surface area contributed by atoms with E-state index >= 15 is 0 Å². The lowest BCUT2D eigenvalue weighted by Crippen LogP contribution is -2.23. The molecule has 5 nitrogen and oxygen atoms in total. The van der Waals surface area contributed by atoms with Crippen molar-refractivity contribution in [3.63, 3.8) is 0 Å². The predicted octanol–water partition coefficient (Wildman–Crippen LogP) is 6.12. The highest BCUT2D eigenvalue weighted by molar-refractivity contribution is 5.95. The number of nitrogens with two attached hydrogens (primary N) is 1. The molecule has 1 unspecified atom stereocenters. The maximum absolute atomic E-state index is 12.7. The lowest BCUT2D eigenvalue weighted by molar-refractivity contribution is -0.119. The molecule has 35 heavy (non-hydrogen) atoms. The van der Waals surface area contributed by atoms with Crippen LogP contribution < -0.4 is 5.73 Å². The first-order chi connectivity index (χ1) is 16.9. The minimum atomic E-state index is -0.485. The summed E-state index contributed by atoms with van der Waals surface area (Å²) in [5.74, 6) is -0.846. The average Bonchev–Trinajstić information content (AvgIpc) is 3.26. The summed E-state index contributed by atoms with van der Waals surface area (Å²) in [7, 11) is 0. The highest BCUT2D eigenvalue weighted by Crippen LogP contribution is 2.35. The molecular weight excluding hydrogens is 432 g/mol. The number of rotatable bonds is 6. The largest absolute Gasteiger partial charge is 0.369 e. The molecule has 0 saturated heterocycles. The fourth-order valence-electron chi connectivity index (χ4n) is 4.74. The van der Waals surface area contributed by atoms with Gasteiger partial charge in [-0.25, -0.2) is 0 Å². The highest BCUT2D eigenvalue weighted by Gasteiger charge is 2.24. The Hall–Kier alpha value is -4.43. The van der Waals surface area contributed by atoms with Gasteiger partial charge in [-0.1, -0.05) is 30.3 Å². The number of hydrogen-bond acceptors (Lipinski definition) is 3. The molecule has 172 valence electrons. The van der Waals surface area contributed by atoms with Gasteiger partial charge in [0.25, 0.3) is 0 Å². The van der Waals surface area contributed by atoms with E-state index in [1.807, 2.05) is 24.3 Å². The summed E-state index contributed by atoms with van der Waals surface area (Å²) in [4.78, 5) is 17.1. The normalized spacial score (nSPS) is 12.2. The van der Waals surface area contributed by atoms with Crippen LogP contribution in [0.2, 0.25) is 0 Å². The Morgan fingerprint density at radius 1 is 1.03 bits per heavy atom. The van der Waals surface area contributed by atoms with Gasteiger partial charge in [0, 0.05) is 34.7 Å². The molecular formula is C30H26N4O. The maximum atomic E-state index is 12.7. The summed E-state index contributed by atoms with van der Waals surface area (Å²) in [6, 6.07) is 26.4. The average molecular weight is 459 g/mol. The summed E-state index contributed by atoms with van der Waals surface area (Å²) in [6.45, 7) is 4.26. The fourth-order valence-corrected chi connectivity index (χ4v) is 4.74. The van der Waals surface area contributed by atoms with E-state index in [1.54, 1.807) is 18.3 Å². The van der Waals surface area contributed by atoms with Crippen LogP contribution >= 0.6 is 0 Å². The Labute approximate surface area is 204 Å². The second-order valence-electron chi connectivity index (χ2n) is 9.20. The Kier molecular flexibility index (Phi) is 5.80. The van der Waals surface area contributed by atoms with Gasteiger partial charge >= 0.3 is 0 Å². The number of benzene rings is 3. The van der Waals surface area contributed by atoms with Crippen LogP contribution in [0.3, 0.4) is 0 Å². The van der Waals surface area contributed by atoms with Crippen molar-refractivity contribution in [2.24, 2.45) is 5.73 Å². The van der Waals surface area contributed by atoms with Crippen LogP contribution in [0.25, 0.3) is 32.9 Å². The predicted molar refractivity (Wildman–Crippen MR) is 140 cm³/mol. The number of nitriles is 1. The summed E-state index contributed by atoms with van der Waals surface area (Å²) in [5, 5.41) is 11.2. The number of pyridine rings is 1. The molecule has 2 N–H and O–H groups in total. The third-order valence-corrected chi connectivity index (χ3v) is 6.60. The summed E-state index contributed by atoms with van der Waals surface area (Å²) < 4.78 is 2.20. The van der Waals surface area contributed by atoms with E-state index < -0.39 is 5.92 Å². The van der Waals surface area contributed by atoms with Crippen LogP contribution in [0.15, 0.2) is 85.2 Å². The lowest BCUT2D eigenvalue weighted by atomic mass is 9.90. The molecule has 0 aliphatic carbocycles. The van der Waals surface area contributed by atoms with Gasteiger partial charge in [0.2, 0.25) is 5.91 Å². The summed E-state index contributed by atoms with van der Waals surface area (Å²) in [5.41, 5.74) is 12.6. The number of amides is 1. The second-order valence-corrected chi connectivity index (χ2v) is 9.20. The van der Waals surface area contributed by atoms with Crippen molar-refractivity contribution in [2.45, 2.75) is 32.2 Å². The zero-order valence-corrected chi connectivity index (χ0v) is 19.8. The van der Waals surface area contributed by atoms with Crippen LogP contribution in [0, 0.1) is 11.3 Å². The molecule has 5 aromatic rings. The first-order valence-corrected chi connectivity index (χ1v) is 11.7. The van der Waals surface area contributed by atoms with Crippen LogP contribution in [0.1, 0.15) is 42.5 Å². The number of fused-ring (bicyclic) bond motifs is 2. The van der Waals surface area contributed by atoms with Crippen molar-refractivity contribution in [1.29, 1.82) is 5.26 Å². The molecule has 3 aromatic carbocycles. The lowest BCUT2D eigenvalue weighted by Gasteiger charge is -2.14. The van der Waals surface area contributed by atoms with E-state index in [-0.39, 0.29) is 11.9 Å². The fraction of sp³-hybridized carbons (Fsp3) is 0.167. The van der Waals surface area contributed by atoms with Crippen molar-refractivity contribution in [2.75, 3.05) is 0 Å². The van der Waals surface area contributed by atoms with Gasteiger partial charge in [-0.3, -0.25) is 9.78 Å². The van der Waals surface area contributed by atoms with Crippen molar-refractivity contribution in [1.82, 2.24) is 9.55 Å². The monoisotopic (exact) mass is 458 g/mol. The summed E-state index contributed by atoms with van der Waals surface area (Å²) in [6.07, 6.45) is 4.35. The Morgan fingerprint density at radius 2 is 1.77 bits per heavy atom.